The van der Waals surface area contributed by atoms with Gasteiger partial charge < -0.3 is 29.3 Å². The Hall–Kier alpha value is -3.75. The number of ether oxygens (including phenoxy) is 3. The highest BCUT2D eigenvalue weighted by Gasteiger charge is 2.31. The molecule has 1 aliphatic heterocycles. The van der Waals surface area contributed by atoms with Gasteiger partial charge in [0.05, 0.1) is 6.61 Å². The van der Waals surface area contributed by atoms with E-state index in [1.54, 1.807) is 48.2 Å². The molecule has 3 rings (SSSR count). The lowest BCUT2D eigenvalue weighted by molar-refractivity contribution is -0.145. The first-order valence-corrected chi connectivity index (χ1v) is 12.1. The number of rotatable bonds is 7. The maximum atomic E-state index is 12.7. The summed E-state index contributed by atoms with van der Waals surface area (Å²) in [6, 6.07) is 14.2. The standard InChI is InChI=1S/C27H35N3O6/c1-6-34-24(31)18-35-23-13-9-21(10-14-23)28-25(32)20-7-11-22(12-8-20)29-15-16-30(19(2)17-29)26(33)36-27(3,4)5/h7-14,19H,6,15-18H2,1-5H3,(H,28,32). The summed E-state index contributed by atoms with van der Waals surface area (Å²) in [5.74, 6) is -0.158. The molecule has 1 atom stereocenters. The Labute approximate surface area is 212 Å². The van der Waals surface area contributed by atoms with Crippen LogP contribution in [0.2, 0.25) is 0 Å². The Morgan fingerprint density at radius 2 is 1.67 bits per heavy atom. The van der Waals surface area contributed by atoms with Gasteiger partial charge in [0.25, 0.3) is 5.91 Å². The first-order valence-electron chi connectivity index (χ1n) is 12.1. The molecular formula is C27H35N3O6. The van der Waals surface area contributed by atoms with Crippen LogP contribution in [0.4, 0.5) is 16.2 Å². The zero-order valence-electron chi connectivity index (χ0n) is 21.6. The van der Waals surface area contributed by atoms with Gasteiger partial charge in [0.1, 0.15) is 11.4 Å². The molecule has 1 N–H and O–H groups in total. The number of benzene rings is 2. The Morgan fingerprint density at radius 1 is 1.00 bits per heavy atom. The van der Waals surface area contributed by atoms with Crippen LogP contribution in [0.3, 0.4) is 0 Å². The van der Waals surface area contributed by atoms with E-state index < -0.39 is 11.6 Å². The van der Waals surface area contributed by atoms with Crippen molar-refractivity contribution in [3.8, 4) is 5.75 Å². The third-order valence-corrected chi connectivity index (χ3v) is 5.52. The number of amides is 2. The predicted octanol–water partition coefficient (Wildman–Crippen LogP) is 4.33. The molecule has 1 heterocycles. The van der Waals surface area contributed by atoms with E-state index in [2.05, 4.69) is 10.2 Å². The van der Waals surface area contributed by atoms with Gasteiger partial charge in [0.2, 0.25) is 0 Å². The van der Waals surface area contributed by atoms with Crippen molar-refractivity contribution in [2.75, 3.05) is 43.1 Å². The number of carbonyl (C=O) groups is 3. The van der Waals surface area contributed by atoms with Crippen molar-refractivity contribution in [1.82, 2.24) is 4.90 Å². The number of carbonyl (C=O) groups excluding carboxylic acids is 3. The van der Waals surface area contributed by atoms with E-state index in [0.29, 0.717) is 43.2 Å². The van der Waals surface area contributed by atoms with Crippen molar-refractivity contribution < 1.29 is 28.6 Å². The fourth-order valence-electron chi connectivity index (χ4n) is 3.79. The van der Waals surface area contributed by atoms with Crippen molar-refractivity contribution in [3.63, 3.8) is 0 Å². The summed E-state index contributed by atoms with van der Waals surface area (Å²) < 4.78 is 15.7. The molecule has 0 aliphatic carbocycles. The van der Waals surface area contributed by atoms with Crippen LogP contribution < -0.4 is 15.0 Å². The number of piperazine rings is 1. The molecule has 0 spiro atoms. The second kappa shape index (κ2) is 11.8. The zero-order chi connectivity index (χ0) is 26.3. The van der Waals surface area contributed by atoms with Crippen LogP contribution in [0.5, 0.6) is 5.75 Å². The maximum absolute atomic E-state index is 12.7. The molecular weight excluding hydrogens is 462 g/mol. The first-order chi connectivity index (χ1) is 17.1. The van der Waals surface area contributed by atoms with Crippen molar-refractivity contribution in [2.45, 2.75) is 46.3 Å². The minimum Gasteiger partial charge on any atom is -0.482 e. The monoisotopic (exact) mass is 497 g/mol. The average Bonchev–Trinajstić information content (AvgIpc) is 2.82. The van der Waals surface area contributed by atoms with Crippen LogP contribution in [0.15, 0.2) is 48.5 Å². The Bertz CT molecular complexity index is 1050. The van der Waals surface area contributed by atoms with E-state index in [1.807, 2.05) is 39.8 Å². The fourth-order valence-corrected chi connectivity index (χ4v) is 3.79. The molecule has 9 heteroatoms. The molecule has 0 radical (unpaired) electrons. The first kappa shape index (κ1) is 26.8. The highest BCUT2D eigenvalue weighted by atomic mass is 16.6. The molecule has 1 saturated heterocycles. The Balaban J connectivity index is 1.52. The molecule has 1 fully saturated rings. The van der Waals surface area contributed by atoms with Gasteiger partial charge in [-0.2, -0.15) is 0 Å². The smallest absolute Gasteiger partial charge is 0.410 e. The molecule has 2 aromatic carbocycles. The van der Waals surface area contributed by atoms with E-state index in [4.69, 9.17) is 14.2 Å². The third kappa shape index (κ3) is 7.63. The van der Waals surface area contributed by atoms with E-state index in [-0.39, 0.29) is 24.6 Å². The molecule has 0 aromatic heterocycles. The number of nitrogens with zero attached hydrogens (tertiary/aromatic N) is 2. The normalized spacial score (nSPS) is 15.8. The lowest BCUT2D eigenvalue weighted by Gasteiger charge is -2.41. The molecule has 0 saturated carbocycles. The fraction of sp³-hybridized carbons (Fsp3) is 0.444. The topological polar surface area (TPSA) is 97.4 Å². The molecule has 9 nitrogen and oxygen atoms in total. The number of esters is 1. The summed E-state index contributed by atoms with van der Waals surface area (Å²) >= 11 is 0. The summed E-state index contributed by atoms with van der Waals surface area (Å²) in [7, 11) is 0. The molecule has 2 aromatic rings. The summed E-state index contributed by atoms with van der Waals surface area (Å²) in [5.41, 5.74) is 1.61. The minimum atomic E-state index is -0.524. The van der Waals surface area contributed by atoms with E-state index >= 15 is 0 Å². The second-order valence-electron chi connectivity index (χ2n) is 9.59. The number of hydrogen-bond donors (Lipinski definition) is 1. The molecule has 36 heavy (non-hydrogen) atoms. The van der Waals surface area contributed by atoms with Gasteiger partial charge in [0.15, 0.2) is 6.61 Å². The van der Waals surface area contributed by atoms with Crippen LogP contribution in [-0.2, 0) is 14.3 Å². The van der Waals surface area contributed by atoms with Gasteiger partial charge in [-0.25, -0.2) is 9.59 Å². The minimum absolute atomic E-state index is 0.000757. The van der Waals surface area contributed by atoms with Crippen LogP contribution in [0.25, 0.3) is 0 Å². The van der Waals surface area contributed by atoms with Gasteiger partial charge in [-0.3, -0.25) is 4.79 Å². The Morgan fingerprint density at radius 3 is 2.25 bits per heavy atom. The van der Waals surface area contributed by atoms with E-state index in [1.165, 1.54) is 0 Å². The van der Waals surface area contributed by atoms with Gasteiger partial charge in [-0.05, 0) is 83.1 Å². The number of nitrogens with one attached hydrogen (secondary N) is 1. The summed E-state index contributed by atoms with van der Waals surface area (Å²) in [5, 5.41) is 2.86. The molecule has 0 bridgehead atoms. The van der Waals surface area contributed by atoms with Crippen molar-refractivity contribution in [3.05, 3.63) is 54.1 Å². The third-order valence-electron chi connectivity index (χ3n) is 5.52. The predicted molar refractivity (Wildman–Crippen MR) is 138 cm³/mol. The lowest BCUT2D eigenvalue weighted by Crippen LogP contribution is -2.55. The van der Waals surface area contributed by atoms with Gasteiger partial charge in [-0.1, -0.05) is 0 Å². The average molecular weight is 498 g/mol. The summed E-state index contributed by atoms with van der Waals surface area (Å²) in [6.07, 6.45) is -0.291. The summed E-state index contributed by atoms with van der Waals surface area (Å²) in [4.78, 5) is 40.5. The number of anilines is 2. The quantitative estimate of drug-likeness (QED) is 0.569. The SMILES string of the molecule is CCOC(=O)COc1ccc(NC(=O)c2ccc(N3CCN(C(=O)OC(C)(C)C)C(C)C3)cc2)cc1. The lowest BCUT2D eigenvalue weighted by atomic mass is 10.1. The van der Waals surface area contributed by atoms with Crippen molar-refractivity contribution in [1.29, 1.82) is 0 Å². The largest absolute Gasteiger partial charge is 0.482 e. The molecule has 194 valence electrons. The van der Waals surface area contributed by atoms with Crippen LogP contribution in [-0.4, -0.2) is 67.4 Å². The molecule has 1 unspecified atom stereocenters. The van der Waals surface area contributed by atoms with Gasteiger partial charge in [-0.15, -0.1) is 0 Å². The van der Waals surface area contributed by atoms with Crippen molar-refractivity contribution in [2.24, 2.45) is 0 Å². The van der Waals surface area contributed by atoms with Crippen LogP contribution >= 0.6 is 0 Å². The number of hydrogen-bond acceptors (Lipinski definition) is 7. The Kier molecular flexibility index (Phi) is 8.79. The van der Waals surface area contributed by atoms with Gasteiger partial charge in [0, 0.05) is 42.6 Å². The maximum Gasteiger partial charge on any atom is 0.410 e. The zero-order valence-corrected chi connectivity index (χ0v) is 21.6. The second-order valence-corrected chi connectivity index (χ2v) is 9.59. The highest BCUT2D eigenvalue weighted by molar-refractivity contribution is 6.04. The van der Waals surface area contributed by atoms with E-state index in [9.17, 15) is 14.4 Å². The summed E-state index contributed by atoms with van der Waals surface area (Å²) in [6.45, 7) is 11.4. The van der Waals surface area contributed by atoms with Crippen LogP contribution in [0, 0.1) is 0 Å². The molecule has 2 amide bonds. The van der Waals surface area contributed by atoms with Crippen LogP contribution in [0.1, 0.15) is 45.0 Å². The highest BCUT2D eigenvalue weighted by Crippen LogP contribution is 2.22. The van der Waals surface area contributed by atoms with Crippen molar-refractivity contribution >= 4 is 29.3 Å². The van der Waals surface area contributed by atoms with Gasteiger partial charge >= 0.3 is 12.1 Å². The van der Waals surface area contributed by atoms with E-state index in [0.717, 1.165) is 5.69 Å². The molecule has 1 aliphatic rings.